The van der Waals surface area contributed by atoms with Crippen molar-refractivity contribution in [1.82, 2.24) is 4.90 Å². The Bertz CT molecular complexity index is 180. The Morgan fingerprint density at radius 3 is 2.21 bits per heavy atom. The van der Waals surface area contributed by atoms with E-state index in [4.69, 9.17) is 5.73 Å². The fourth-order valence-electron chi connectivity index (χ4n) is 1.36. The second-order valence-electron chi connectivity index (χ2n) is 4.44. The van der Waals surface area contributed by atoms with E-state index in [0.717, 1.165) is 12.8 Å². The zero-order valence-corrected chi connectivity index (χ0v) is 10.1. The first-order chi connectivity index (χ1) is 6.40. The zero-order valence-electron chi connectivity index (χ0n) is 10.1. The fraction of sp³-hybridized carbons (Fsp3) is 0.909. The molecule has 0 saturated heterocycles. The lowest BCUT2D eigenvalue weighted by Crippen LogP contribution is -2.45. The van der Waals surface area contributed by atoms with E-state index < -0.39 is 0 Å². The molecule has 0 heterocycles. The van der Waals surface area contributed by atoms with Crippen LogP contribution in [0.1, 0.15) is 40.5 Å². The third kappa shape index (κ3) is 4.09. The van der Waals surface area contributed by atoms with Crippen LogP contribution in [0, 0.1) is 5.92 Å². The van der Waals surface area contributed by atoms with Crippen LogP contribution in [0.4, 0.5) is 0 Å². The van der Waals surface area contributed by atoms with E-state index in [1.807, 2.05) is 14.0 Å². The second kappa shape index (κ2) is 6.02. The molecule has 3 nitrogen and oxygen atoms in total. The molecule has 3 heteroatoms. The van der Waals surface area contributed by atoms with Crippen molar-refractivity contribution in [2.45, 2.75) is 52.6 Å². The quantitative estimate of drug-likeness (QED) is 0.733. The van der Waals surface area contributed by atoms with Crippen LogP contribution in [0.3, 0.4) is 0 Å². The molecular weight excluding hydrogens is 176 g/mol. The number of carbonyl (C=O) groups is 1. The summed E-state index contributed by atoms with van der Waals surface area (Å²) in [5.74, 6) is 0.535. The summed E-state index contributed by atoms with van der Waals surface area (Å²) in [6.45, 7) is 8.27. The average molecular weight is 200 g/mol. The van der Waals surface area contributed by atoms with Crippen LogP contribution in [0.5, 0.6) is 0 Å². The molecule has 0 aliphatic heterocycles. The van der Waals surface area contributed by atoms with Crippen molar-refractivity contribution < 1.29 is 4.79 Å². The van der Waals surface area contributed by atoms with Crippen molar-refractivity contribution in [2.24, 2.45) is 11.7 Å². The van der Waals surface area contributed by atoms with Gasteiger partial charge in [-0.1, -0.05) is 20.8 Å². The van der Waals surface area contributed by atoms with E-state index in [2.05, 4.69) is 20.8 Å². The molecule has 0 bridgehead atoms. The van der Waals surface area contributed by atoms with Gasteiger partial charge in [0.1, 0.15) is 0 Å². The summed E-state index contributed by atoms with van der Waals surface area (Å²) in [5.41, 5.74) is 5.82. The Morgan fingerprint density at radius 2 is 1.86 bits per heavy atom. The molecule has 1 amide bonds. The average Bonchev–Trinajstić information content (AvgIpc) is 2.13. The minimum atomic E-state index is -0.339. The Labute approximate surface area is 87.6 Å². The lowest BCUT2D eigenvalue weighted by atomic mass is 10.0. The van der Waals surface area contributed by atoms with E-state index in [-0.39, 0.29) is 18.0 Å². The summed E-state index contributed by atoms with van der Waals surface area (Å²) in [7, 11) is 1.83. The molecule has 0 saturated carbocycles. The maximum Gasteiger partial charge on any atom is 0.239 e. The third-order valence-electron chi connectivity index (χ3n) is 2.64. The molecule has 0 spiro atoms. The monoisotopic (exact) mass is 200 g/mol. The van der Waals surface area contributed by atoms with Gasteiger partial charge in [0.25, 0.3) is 0 Å². The standard InChI is InChI=1S/C11H24N2O/c1-6-9(4)13(5)11(14)10(12)7-8(2)3/h8-10H,6-7,12H2,1-5H3/t9?,10-/m0/s1. The van der Waals surface area contributed by atoms with Crippen LogP contribution in [0.15, 0.2) is 0 Å². The van der Waals surface area contributed by atoms with E-state index in [9.17, 15) is 4.79 Å². The molecule has 0 aliphatic carbocycles. The van der Waals surface area contributed by atoms with Gasteiger partial charge in [-0.15, -0.1) is 0 Å². The Hall–Kier alpha value is -0.570. The van der Waals surface area contributed by atoms with Crippen molar-refractivity contribution in [3.8, 4) is 0 Å². The molecule has 0 aliphatic rings. The van der Waals surface area contributed by atoms with E-state index in [1.165, 1.54) is 0 Å². The normalized spacial score (nSPS) is 15.4. The number of hydrogen-bond donors (Lipinski definition) is 1. The van der Waals surface area contributed by atoms with Crippen molar-refractivity contribution in [3.63, 3.8) is 0 Å². The molecule has 0 aromatic heterocycles. The first-order valence-corrected chi connectivity index (χ1v) is 5.42. The van der Waals surface area contributed by atoms with Crippen molar-refractivity contribution in [2.75, 3.05) is 7.05 Å². The highest BCUT2D eigenvalue weighted by atomic mass is 16.2. The van der Waals surface area contributed by atoms with Gasteiger partial charge in [-0.3, -0.25) is 4.79 Å². The molecule has 0 fully saturated rings. The lowest BCUT2D eigenvalue weighted by Gasteiger charge is -2.27. The van der Waals surface area contributed by atoms with Crippen LogP contribution >= 0.6 is 0 Å². The molecule has 0 radical (unpaired) electrons. The molecule has 0 rings (SSSR count). The highest BCUT2D eigenvalue weighted by Crippen LogP contribution is 2.08. The minimum Gasteiger partial charge on any atom is -0.342 e. The summed E-state index contributed by atoms with van der Waals surface area (Å²) in [6, 6.07) is -0.0605. The number of carbonyl (C=O) groups excluding carboxylic acids is 1. The molecule has 1 unspecified atom stereocenters. The highest BCUT2D eigenvalue weighted by Gasteiger charge is 2.21. The molecular formula is C11H24N2O. The van der Waals surface area contributed by atoms with Crippen molar-refractivity contribution in [3.05, 3.63) is 0 Å². The van der Waals surface area contributed by atoms with Gasteiger partial charge in [-0.2, -0.15) is 0 Å². The number of nitrogens with two attached hydrogens (primary N) is 1. The van der Waals surface area contributed by atoms with Crippen molar-refractivity contribution >= 4 is 5.91 Å². The first kappa shape index (κ1) is 13.4. The highest BCUT2D eigenvalue weighted by molar-refractivity contribution is 5.81. The fourth-order valence-corrected chi connectivity index (χ4v) is 1.36. The molecule has 0 aromatic rings. The number of rotatable bonds is 5. The van der Waals surface area contributed by atoms with Gasteiger partial charge in [-0.25, -0.2) is 0 Å². The van der Waals surface area contributed by atoms with Crippen LogP contribution < -0.4 is 5.73 Å². The topological polar surface area (TPSA) is 46.3 Å². The van der Waals surface area contributed by atoms with Crippen LogP contribution in [-0.4, -0.2) is 29.9 Å². The number of nitrogens with zero attached hydrogens (tertiary/aromatic N) is 1. The molecule has 2 N–H and O–H groups in total. The number of amides is 1. The SMILES string of the molecule is CCC(C)N(C)C(=O)[C@@H](N)CC(C)C. The predicted octanol–water partition coefficient (Wildman–Crippen LogP) is 1.62. The van der Waals surface area contributed by atoms with Crippen LogP contribution in [-0.2, 0) is 4.79 Å². The minimum absolute atomic E-state index is 0.0630. The summed E-state index contributed by atoms with van der Waals surface area (Å²) in [4.78, 5) is 13.5. The summed E-state index contributed by atoms with van der Waals surface area (Å²) >= 11 is 0. The van der Waals surface area contributed by atoms with E-state index >= 15 is 0 Å². The first-order valence-electron chi connectivity index (χ1n) is 5.42. The number of likely N-dealkylation sites (N-methyl/N-ethyl adjacent to an activating group) is 1. The second-order valence-corrected chi connectivity index (χ2v) is 4.44. The lowest BCUT2D eigenvalue weighted by molar-refractivity contribution is -0.133. The predicted molar refractivity (Wildman–Crippen MR) is 60.0 cm³/mol. The zero-order chi connectivity index (χ0) is 11.3. The van der Waals surface area contributed by atoms with Gasteiger partial charge < -0.3 is 10.6 Å². The van der Waals surface area contributed by atoms with E-state index in [1.54, 1.807) is 4.90 Å². The van der Waals surface area contributed by atoms with Gasteiger partial charge in [0.2, 0.25) is 5.91 Å². The largest absolute Gasteiger partial charge is 0.342 e. The van der Waals surface area contributed by atoms with Crippen LogP contribution in [0.25, 0.3) is 0 Å². The maximum absolute atomic E-state index is 11.8. The van der Waals surface area contributed by atoms with Gasteiger partial charge >= 0.3 is 0 Å². The Balaban J connectivity index is 4.17. The number of hydrogen-bond acceptors (Lipinski definition) is 2. The smallest absolute Gasteiger partial charge is 0.239 e. The van der Waals surface area contributed by atoms with E-state index in [0.29, 0.717) is 5.92 Å². The summed E-state index contributed by atoms with van der Waals surface area (Å²) < 4.78 is 0. The van der Waals surface area contributed by atoms with Gasteiger partial charge in [-0.05, 0) is 25.7 Å². The van der Waals surface area contributed by atoms with Gasteiger partial charge in [0, 0.05) is 13.1 Å². The maximum atomic E-state index is 11.8. The molecule has 14 heavy (non-hydrogen) atoms. The third-order valence-corrected chi connectivity index (χ3v) is 2.64. The Kier molecular flexibility index (Phi) is 5.77. The van der Waals surface area contributed by atoms with Crippen molar-refractivity contribution in [1.29, 1.82) is 0 Å². The molecule has 84 valence electrons. The van der Waals surface area contributed by atoms with Gasteiger partial charge in [0.05, 0.1) is 6.04 Å². The summed E-state index contributed by atoms with van der Waals surface area (Å²) in [5, 5.41) is 0. The Morgan fingerprint density at radius 1 is 1.36 bits per heavy atom. The van der Waals surface area contributed by atoms with Gasteiger partial charge in [0.15, 0.2) is 0 Å². The summed E-state index contributed by atoms with van der Waals surface area (Å²) in [6.07, 6.45) is 1.73. The molecule has 2 atom stereocenters. The molecule has 0 aromatic carbocycles. The van der Waals surface area contributed by atoms with Crippen LogP contribution in [0.2, 0.25) is 0 Å².